The van der Waals surface area contributed by atoms with Crippen LogP contribution in [-0.4, -0.2) is 35.0 Å². The number of amides is 3. The number of esters is 1. The van der Waals surface area contributed by atoms with E-state index in [9.17, 15) is 14.4 Å². The molecule has 0 bridgehead atoms. The van der Waals surface area contributed by atoms with E-state index in [1.165, 1.54) is 0 Å². The van der Waals surface area contributed by atoms with Crippen LogP contribution in [0, 0.1) is 0 Å². The molecule has 1 unspecified atom stereocenters. The van der Waals surface area contributed by atoms with Crippen LogP contribution in [-0.2, 0) is 26.3 Å². The Balaban J connectivity index is 1.83. The van der Waals surface area contributed by atoms with Gasteiger partial charge in [-0.15, -0.1) is 0 Å². The van der Waals surface area contributed by atoms with Gasteiger partial charge in [0, 0.05) is 0 Å². The van der Waals surface area contributed by atoms with Gasteiger partial charge in [0.25, 0.3) is 5.91 Å². The molecule has 6 heteroatoms. The largest absolute Gasteiger partial charge is 0.459 e. The zero-order chi connectivity index (χ0) is 16.8. The van der Waals surface area contributed by atoms with E-state index in [1.807, 2.05) is 24.3 Å². The van der Waals surface area contributed by atoms with Crippen LogP contribution >= 0.6 is 0 Å². The third kappa shape index (κ3) is 2.58. The van der Waals surface area contributed by atoms with Gasteiger partial charge in [-0.1, -0.05) is 24.3 Å². The molecule has 1 aliphatic carbocycles. The fourth-order valence-corrected chi connectivity index (χ4v) is 3.24. The lowest BCUT2D eigenvalue weighted by Crippen LogP contribution is -2.43. The lowest BCUT2D eigenvalue weighted by molar-refractivity contribution is -0.157. The van der Waals surface area contributed by atoms with Gasteiger partial charge in [-0.25, -0.2) is 4.79 Å². The number of carbonyl (C=O) groups excluding carboxylic acids is 3. The van der Waals surface area contributed by atoms with Gasteiger partial charge >= 0.3 is 12.0 Å². The Labute approximate surface area is 134 Å². The topological polar surface area (TPSA) is 75.7 Å². The molecule has 1 N–H and O–H groups in total. The second kappa shape index (κ2) is 5.08. The molecule has 1 aliphatic heterocycles. The summed E-state index contributed by atoms with van der Waals surface area (Å²) in [4.78, 5) is 38.0. The fraction of sp³-hybridized carbons (Fsp3) is 0.471. The maximum absolute atomic E-state index is 12.8. The first-order chi connectivity index (χ1) is 10.7. The lowest BCUT2D eigenvalue weighted by Gasteiger charge is -2.23. The van der Waals surface area contributed by atoms with E-state index in [2.05, 4.69) is 5.32 Å². The van der Waals surface area contributed by atoms with E-state index in [1.54, 1.807) is 20.8 Å². The maximum Gasteiger partial charge on any atom is 0.326 e. The standard InChI is InChI=1S/C17H20N2O4/c1-16(2,3)23-13(20)10-19-14(21)17(18-15(19)22)9-8-11-6-4-5-7-12(11)17/h4-7H,8-10H2,1-3H3,(H,18,22). The fourth-order valence-electron chi connectivity index (χ4n) is 3.24. The predicted molar refractivity (Wildman–Crippen MR) is 82.5 cm³/mol. The number of benzene rings is 1. The van der Waals surface area contributed by atoms with Crippen molar-refractivity contribution in [2.45, 2.75) is 44.8 Å². The van der Waals surface area contributed by atoms with Crippen LogP contribution in [0.25, 0.3) is 0 Å². The van der Waals surface area contributed by atoms with Crippen molar-refractivity contribution in [2.24, 2.45) is 0 Å². The highest BCUT2D eigenvalue weighted by atomic mass is 16.6. The molecule has 1 fully saturated rings. The predicted octanol–water partition coefficient (Wildman–Crippen LogP) is 1.72. The number of nitrogens with zero attached hydrogens (tertiary/aromatic N) is 1. The van der Waals surface area contributed by atoms with Crippen molar-refractivity contribution < 1.29 is 19.1 Å². The zero-order valence-electron chi connectivity index (χ0n) is 13.5. The van der Waals surface area contributed by atoms with Crippen molar-refractivity contribution in [3.05, 3.63) is 35.4 Å². The molecule has 6 nitrogen and oxygen atoms in total. The summed E-state index contributed by atoms with van der Waals surface area (Å²) in [5.41, 5.74) is 0.189. The summed E-state index contributed by atoms with van der Waals surface area (Å²) < 4.78 is 5.20. The molecule has 0 radical (unpaired) electrons. The quantitative estimate of drug-likeness (QED) is 0.666. The molecule has 0 aromatic heterocycles. The second-order valence-corrected chi connectivity index (χ2v) is 6.97. The number of hydrogen-bond donors (Lipinski definition) is 1. The first kappa shape index (κ1) is 15.5. The number of urea groups is 1. The summed E-state index contributed by atoms with van der Waals surface area (Å²) >= 11 is 0. The Morgan fingerprint density at radius 3 is 2.70 bits per heavy atom. The van der Waals surface area contributed by atoms with Gasteiger partial charge in [0.15, 0.2) is 0 Å². The van der Waals surface area contributed by atoms with E-state index in [4.69, 9.17) is 4.74 Å². The third-order valence-electron chi connectivity index (χ3n) is 4.13. The van der Waals surface area contributed by atoms with Crippen LogP contribution in [0.2, 0.25) is 0 Å². The molecule has 1 atom stereocenters. The molecule has 1 saturated heterocycles. The molecule has 2 aliphatic rings. The lowest BCUT2D eigenvalue weighted by atomic mass is 9.92. The summed E-state index contributed by atoms with van der Waals surface area (Å²) in [6.45, 7) is 4.86. The van der Waals surface area contributed by atoms with E-state index < -0.39 is 23.1 Å². The molecule has 3 rings (SSSR count). The maximum atomic E-state index is 12.8. The molecule has 3 amide bonds. The smallest absolute Gasteiger partial charge is 0.326 e. The van der Waals surface area contributed by atoms with E-state index >= 15 is 0 Å². The van der Waals surface area contributed by atoms with Gasteiger partial charge < -0.3 is 10.1 Å². The molecule has 122 valence electrons. The third-order valence-corrected chi connectivity index (χ3v) is 4.13. The minimum atomic E-state index is -1.03. The van der Waals surface area contributed by atoms with Gasteiger partial charge in [-0.2, -0.15) is 0 Å². The monoisotopic (exact) mass is 316 g/mol. The van der Waals surface area contributed by atoms with Crippen molar-refractivity contribution in [1.82, 2.24) is 10.2 Å². The Morgan fingerprint density at radius 2 is 2.00 bits per heavy atom. The zero-order valence-corrected chi connectivity index (χ0v) is 13.5. The van der Waals surface area contributed by atoms with Gasteiger partial charge in [0.05, 0.1) is 0 Å². The van der Waals surface area contributed by atoms with E-state index in [0.29, 0.717) is 6.42 Å². The van der Waals surface area contributed by atoms with Crippen molar-refractivity contribution in [1.29, 1.82) is 0 Å². The molecule has 1 aromatic rings. The summed E-state index contributed by atoms with van der Waals surface area (Å²) in [7, 11) is 0. The van der Waals surface area contributed by atoms with E-state index in [-0.39, 0.29) is 12.5 Å². The van der Waals surface area contributed by atoms with Crippen LogP contribution < -0.4 is 5.32 Å². The van der Waals surface area contributed by atoms with Crippen LogP contribution in [0.15, 0.2) is 24.3 Å². The average molecular weight is 316 g/mol. The minimum Gasteiger partial charge on any atom is -0.459 e. The molecular formula is C17H20N2O4. The van der Waals surface area contributed by atoms with Crippen molar-refractivity contribution in [2.75, 3.05) is 6.54 Å². The highest BCUT2D eigenvalue weighted by Crippen LogP contribution is 2.41. The van der Waals surface area contributed by atoms with Crippen LogP contribution in [0.5, 0.6) is 0 Å². The van der Waals surface area contributed by atoms with E-state index in [0.717, 1.165) is 22.4 Å². The second-order valence-electron chi connectivity index (χ2n) is 6.97. The molecular weight excluding hydrogens is 296 g/mol. The highest BCUT2D eigenvalue weighted by molar-refractivity contribution is 6.09. The number of aryl methyl sites for hydroxylation is 1. The summed E-state index contributed by atoms with van der Waals surface area (Å²) in [6, 6.07) is 7.04. The number of hydrogen-bond acceptors (Lipinski definition) is 4. The summed E-state index contributed by atoms with van der Waals surface area (Å²) in [5, 5.41) is 2.78. The Morgan fingerprint density at radius 1 is 1.30 bits per heavy atom. The summed E-state index contributed by atoms with van der Waals surface area (Å²) in [6.07, 6.45) is 1.24. The highest BCUT2D eigenvalue weighted by Gasteiger charge is 2.55. The molecule has 23 heavy (non-hydrogen) atoms. The van der Waals surface area contributed by atoms with Gasteiger partial charge in [0.1, 0.15) is 17.7 Å². The Bertz CT molecular complexity index is 692. The van der Waals surface area contributed by atoms with Crippen LogP contribution in [0.1, 0.15) is 38.3 Å². The Hall–Kier alpha value is -2.37. The number of fused-ring (bicyclic) bond motifs is 2. The molecule has 1 spiro atoms. The first-order valence-electron chi connectivity index (χ1n) is 7.67. The van der Waals surface area contributed by atoms with Crippen LogP contribution in [0.4, 0.5) is 4.79 Å². The Kier molecular flexibility index (Phi) is 3.43. The molecule has 1 aromatic carbocycles. The first-order valence-corrected chi connectivity index (χ1v) is 7.67. The number of rotatable bonds is 2. The number of imide groups is 1. The van der Waals surface area contributed by atoms with Gasteiger partial charge in [-0.3, -0.25) is 14.5 Å². The molecule has 1 heterocycles. The van der Waals surface area contributed by atoms with Crippen LogP contribution in [0.3, 0.4) is 0 Å². The average Bonchev–Trinajstić information content (AvgIpc) is 2.92. The van der Waals surface area contributed by atoms with Gasteiger partial charge in [-0.05, 0) is 44.7 Å². The SMILES string of the molecule is CC(C)(C)OC(=O)CN1C(=O)NC2(CCc3ccccc32)C1=O. The van der Waals surface area contributed by atoms with Crippen molar-refractivity contribution >= 4 is 17.9 Å². The molecule has 0 saturated carbocycles. The number of ether oxygens (including phenoxy) is 1. The number of nitrogens with one attached hydrogen (secondary N) is 1. The number of carbonyl (C=O) groups is 3. The minimum absolute atomic E-state index is 0.369. The summed E-state index contributed by atoms with van der Waals surface area (Å²) in [5.74, 6) is -0.970. The van der Waals surface area contributed by atoms with Gasteiger partial charge in [0.2, 0.25) is 0 Å². The van der Waals surface area contributed by atoms with Crippen molar-refractivity contribution in [3.63, 3.8) is 0 Å². The normalized spacial score (nSPS) is 23.2. The van der Waals surface area contributed by atoms with Crippen molar-refractivity contribution in [3.8, 4) is 0 Å².